The zero-order valence-corrected chi connectivity index (χ0v) is 26.1. The Balaban J connectivity index is 1.60. The molecule has 3 aliphatic carbocycles. The molecule has 1 heterocycles. The van der Waals surface area contributed by atoms with Gasteiger partial charge in [0.25, 0.3) is 0 Å². The molecule has 4 aliphatic rings. The predicted molar refractivity (Wildman–Crippen MR) is 152 cm³/mol. The molecule has 4 nitrogen and oxygen atoms in total. The molecule has 0 N–H and O–H groups in total. The van der Waals surface area contributed by atoms with Crippen molar-refractivity contribution >= 4 is 20.1 Å². The van der Waals surface area contributed by atoms with E-state index < -0.39 is 8.32 Å². The van der Waals surface area contributed by atoms with Gasteiger partial charge >= 0.3 is 5.97 Å². The van der Waals surface area contributed by atoms with E-state index in [-0.39, 0.29) is 41.0 Å². The number of esters is 1. The van der Waals surface area contributed by atoms with Crippen molar-refractivity contribution in [2.75, 3.05) is 0 Å². The molecule has 0 spiro atoms. The average Bonchev–Trinajstić information content (AvgIpc) is 3.21. The van der Waals surface area contributed by atoms with Gasteiger partial charge in [-0.25, -0.2) is 0 Å². The number of rotatable bonds is 10. The molecule has 0 amide bonds. The summed E-state index contributed by atoms with van der Waals surface area (Å²) in [7, 11) is -1.92. The van der Waals surface area contributed by atoms with Crippen LogP contribution in [0.5, 0.6) is 0 Å². The minimum Gasteiger partial charge on any atom is -0.431 e. The summed E-state index contributed by atoms with van der Waals surface area (Å²) in [4.78, 5) is 26.7. The lowest BCUT2D eigenvalue weighted by molar-refractivity contribution is -0.162. The summed E-state index contributed by atoms with van der Waals surface area (Å²) >= 11 is 0. The molecule has 37 heavy (non-hydrogen) atoms. The molecule has 210 valence electrons. The standard InChI is InChI=1S/C32H54O4Si/c1-9-37(10-2,11-3)36-28-20-32(8)25-17-18-31(7)23(22(6)14-12-13-21(4)5)15-16-24(31)29(25)35-30(34)26(32)19-27(28)33/h21-24,26,28H,9-20H2,1-8H3/t22-,23-,24+,26-,28-,31-,32-/m1/s1. The van der Waals surface area contributed by atoms with Crippen molar-refractivity contribution in [2.45, 2.75) is 137 Å². The van der Waals surface area contributed by atoms with Crippen molar-refractivity contribution in [3.05, 3.63) is 11.3 Å². The Morgan fingerprint density at radius 2 is 1.68 bits per heavy atom. The molecule has 2 fully saturated rings. The van der Waals surface area contributed by atoms with Crippen LogP contribution >= 0.6 is 0 Å². The number of carbonyl (C=O) groups excluding carboxylic acids is 2. The molecule has 0 unspecified atom stereocenters. The first-order valence-electron chi connectivity index (χ1n) is 15.6. The number of Topliss-reactive ketones (excluding diaryl/α,β-unsaturated/α-hetero) is 1. The molecular formula is C32H54O4Si. The van der Waals surface area contributed by atoms with Crippen LogP contribution in [0.1, 0.15) is 113 Å². The highest BCUT2D eigenvalue weighted by atomic mass is 28.4. The topological polar surface area (TPSA) is 52.6 Å². The Hall–Kier alpha value is -0.943. The van der Waals surface area contributed by atoms with Gasteiger partial charge in [0.2, 0.25) is 0 Å². The second kappa shape index (κ2) is 10.9. The van der Waals surface area contributed by atoms with E-state index in [0.717, 1.165) is 42.7 Å². The van der Waals surface area contributed by atoms with Gasteiger partial charge in [0, 0.05) is 17.8 Å². The minimum atomic E-state index is -1.92. The van der Waals surface area contributed by atoms with Crippen molar-refractivity contribution in [3.8, 4) is 0 Å². The largest absolute Gasteiger partial charge is 0.431 e. The van der Waals surface area contributed by atoms with Crippen LogP contribution in [0.2, 0.25) is 18.1 Å². The molecule has 0 radical (unpaired) electrons. The highest BCUT2D eigenvalue weighted by Gasteiger charge is 2.61. The second-order valence-electron chi connectivity index (χ2n) is 14.0. The van der Waals surface area contributed by atoms with Gasteiger partial charge in [0.15, 0.2) is 14.1 Å². The van der Waals surface area contributed by atoms with E-state index >= 15 is 0 Å². The lowest BCUT2D eigenvalue weighted by atomic mass is 9.54. The van der Waals surface area contributed by atoms with Crippen LogP contribution in [-0.2, 0) is 18.8 Å². The van der Waals surface area contributed by atoms with Crippen molar-refractivity contribution in [2.24, 2.45) is 40.4 Å². The van der Waals surface area contributed by atoms with Crippen LogP contribution < -0.4 is 0 Å². The molecule has 4 rings (SSSR count). The van der Waals surface area contributed by atoms with Crippen molar-refractivity contribution in [1.29, 1.82) is 0 Å². The molecule has 0 aromatic carbocycles. The Morgan fingerprint density at radius 1 is 1.00 bits per heavy atom. The van der Waals surface area contributed by atoms with E-state index in [1.807, 2.05) is 0 Å². The van der Waals surface area contributed by atoms with Crippen LogP contribution in [0.15, 0.2) is 11.3 Å². The van der Waals surface area contributed by atoms with Crippen molar-refractivity contribution in [3.63, 3.8) is 0 Å². The zero-order valence-electron chi connectivity index (χ0n) is 25.1. The first-order valence-corrected chi connectivity index (χ1v) is 18.1. The fourth-order valence-electron chi connectivity index (χ4n) is 8.93. The lowest BCUT2D eigenvalue weighted by Crippen LogP contribution is -2.55. The fourth-order valence-corrected chi connectivity index (χ4v) is 11.7. The molecule has 0 saturated heterocycles. The van der Waals surface area contributed by atoms with Gasteiger partial charge in [-0.3, -0.25) is 9.59 Å². The maximum absolute atomic E-state index is 13.5. The Morgan fingerprint density at radius 3 is 2.30 bits per heavy atom. The number of hydrogen-bond donors (Lipinski definition) is 0. The van der Waals surface area contributed by atoms with E-state index in [9.17, 15) is 9.59 Å². The molecule has 2 saturated carbocycles. The molecule has 1 aliphatic heterocycles. The third-order valence-corrected chi connectivity index (χ3v) is 16.4. The first-order chi connectivity index (χ1) is 17.4. The SMILES string of the molecule is CC[Si](CC)(CC)O[C@@H]1C[C@]2(C)C3=C(OC(=O)[C@H]2CC1=O)[C@@H]1CC[C@H]([C@H](C)CCCC(C)C)[C@@]1(C)CC3. The van der Waals surface area contributed by atoms with E-state index in [1.54, 1.807) is 0 Å². The molecule has 0 aromatic heterocycles. The highest BCUT2D eigenvalue weighted by molar-refractivity contribution is 6.73. The average molecular weight is 531 g/mol. The summed E-state index contributed by atoms with van der Waals surface area (Å²) in [5.74, 6) is 3.12. The Bertz CT molecular complexity index is 896. The van der Waals surface area contributed by atoms with Crippen LogP contribution in [0.4, 0.5) is 0 Å². The third-order valence-electron chi connectivity index (χ3n) is 11.7. The molecule has 5 heteroatoms. The van der Waals surface area contributed by atoms with Gasteiger partial charge in [-0.15, -0.1) is 0 Å². The maximum Gasteiger partial charge on any atom is 0.315 e. The van der Waals surface area contributed by atoms with Gasteiger partial charge in [0.05, 0.1) is 5.92 Å². The minimum absolute atomic E-state index is 0.118. The van der Waals surface area contributed by atoms with Gasteiger partial charge < -0.3 is 9.16 Å². The molecule has 0 aromatic rings. The van der Waals surface area contributed by atoms with Crippen LogP contribution in [-0.4, -0.2) is 26.2 Å². The summed E-state index contributed by atoms with van der Waals surface area (Å²) in [6, 6.07) is 3.12. The quantitative estimate of drug-likeness (QED) is 0.210. The third kappa shape index (κ3) is 5.05. The smallest absolute Gasteiger partial charge is 0.315 e. The monoisotopic (exact) mass is 530 g/mol. The summed E-state index contributed by atoms with van der Waals surface area (Å²) in [6.45, 7) is 18.5. The highest BCUT2D eigenvalue weighted by Crippen LogP contribution is 2.65. The summed E-state index contributed by atoms with van der Waals surface area (Å²) < 4.78 is 13.0. The molecular weight excluding hydrogens is 476 g/mol. The Labute approximate surface area is 227 Å². The predicted octanol–water partition coefficient (Wildman–Crippen LogP) is 8.46. The van der Waals surface area contributed by atoms with Gasteiger partial charge in [-0.05, 0) is 79.0 Å². The zero-order chi connectivity index (χ0) is 27.2. The van der Waals surface area contributed by atoms with Gasteiger partial charge in [-0.1, -0.05) is 74.7 Å². The fraction of sp³-hybridized carbons (Fsp3) is 0.875. The maximum atomic E-state index is 13.5. The molecule has 7 atom stereocenters. The van der Waals surface area contributed by atoms with Gasteiger partial charge in [0.1, 0.15) is 11.9 Å². The van der Waals surface area contributed by atoms with E-state index in [4.69, 9.17) is 9.16 Å². The second-order valence-corrected chi connectivity index (χ2v) is 18.7. The van der Waals surface area contributed by atoms with E-state index in [2.05, 4.69) is 55.4 Å². The van der Waals surface area contributed by atoms with E-state index in [1.165, 1.54) is 37.7 Å². The normalized spacial score (nSPS) is 36.8. The van der Waals surface area contributed by atoms with Crippen LogP contribution in [0.3, 0.4) is 0 Å². The van der Waals surface area contributed by atoms with Crippen molar-refractivity contribution < 1.29 is 18.8 Å². The number of hydrogen-bond acceptors (Lipinski definition) is 4. The Kier molecular flexibility index (Phi) is 8.56. The molecule has 0 bridgehead atoms. The lowest BCUT2D eigenvalue weighted by Gasteiger charge is -2.53. The number of carbonyl (C=O) groups is 2. The van der Waals surface area contributed by atoms with Crippen LogP contribution in [0.25, 0.3) is 0 Å². The number of fused-ring (bicyclic) bond motifs is 4. The first kappa shape index (κ1) is 29.0. The van der Waals surface area contributed by atoms with E-state index in [0.29, 0.717) is 24.2 Å². The van der Waals surface area contributed by atoms with Crippen molar-refractivity contribution in [1.82, 2.24) is 0 Å². The number of allylic oxidation sites excluding steroid dienone is 2. The van der Waals surface area contributed by atoms with Crippen LogP contribution in [0, 0.1) is 40.4 Å². The summed E-state index contributed by atoms with van der Waals surface area (Å²) in [5.41, 5.74) is 1.24. The van der Waals surface area contributed by atoms with Gasteiger partial charge in [-0.2, -0.15) is 0 Å². The number of ether oxygens (including phenoxy) is 1. The summed E-state index contributed by atoms with van der Waals surface area (Å²) in [6.07, 6.45) is 9.01. The number of ketones is 1. The summed E-state index contributed by atoms with van der Waals surface area (Å²) in [5, 5.41) is 0.